The Balaban J connectivity index is 2.15. The molecule has 0 radical (unpaired) electrons. The predicted octanol–water partition coefficient (Wildman–Crippen LogP) is 4.16. The lowest BCUT2D eigenvalue weighted by Gasteiger charge is -2.36. The lowest BCUT2D eigenvalue weighted by molar-refractivity contribution is -0.208. The highest BCUT2D eigenvalue weighted by Gasteiger charge is 2.52. The van der Waals surface area contributed by atoms with Crippen molar-refractivity contribution in [2.75, 3.05) is 35.5 Å². The zero-order valence-corrected chi connectivity index (χ0v) is 24.0. The molecule has 218 valence electrons. The SMILES string of the molecule is CCC(CC)C(O)C(=O)C(O)(OC(=O)c1cccc2cc(OC)c(OC)c(OC)c12)C1C=CC(OC)=C(OC)C1. The van der Waals surface area contributed by atoms with E-state index < -0.39 is 35.5 Å². The average Bonchev–Trinajstić information content (AvgIpc) is 2.98. The van der Waals surface area contributed by atoms with Gasteiger partial charge < -0.3 is 38.6 Å². The number of aliphatic hydroxyl groups is 2. The maximum absolute atomic E-state index is 13.8. The van der Waals surface area contributed by atoms with Gasteiger partial charge in [-0.3, -0.25) is 4.79 Å². The molecule has 3 rings (SSSR count). The van der Waals surface area contributed by atoms with Gasteiger partial charge in [0.25, 0.3) is 5.79 Å². The number of esters is 1. The lowest BCUT2D eigenvalue weighted by Crippen LogP contribution is -2.55. The van der Waals surface area contributed by atoms with E-state index in [9.17, 15) is 19.8 Å². The van der Waals surface area contributed by atoms with Crippen molar-refractivity contribution in [3.8, 4) is 17.2 Å². The Morgan fingerprint density at radius 2 is 1.65 bits per heavy atom. The zero-order chi connectivity index (χ0) is 29.6. The number of methoxy groups -OCH3 is 5. The maximum atomic E-state index is 13.8. The third kappa shape index (κ3) is 5.59. The van der Waals surface area contributed by atoms with Crippen LogP contribution < -0.4 is 14.2 Å². The molecule has 40 heavy (non-hydrogen) atoms. The molecule has 2 aromatic rings. The van der Waals surface area contributed by atoms with E-state index in [2.05, 4.69) is 0 Å². The summed E-state index contributed by atoms with van der Waals surface area (Å²) >= 11 is 0. The van der Waals surface area contributed by atoms with Gasteiger partial charge in [-0.1, -0.05) is 44.9 Å². The van der Waals surface area contributed by atoms with Crippen molar-refractivity contribution in [2.45, 2.75) is 45.0 Å². The number of Topliss-reactive ketones (excluding diaryl/α,β-unsaturated/α-hetero) is 1. The van der Waals surface area contributed by atoms with Gasteiger partial charge in [0.1, 0.15) is 11.9 Å². The first-order valence-electron chi connectivity index (χ1n) is 13.0. The van der Waals surface area contributed by atoms with Crippen LogP contribution in [-0.4, -0.2) is 69.4 Å². The molecule has 0 amide bonds. The van der Waals surface area contributed by atoms with Crippen LogP contribution in [0.25, 0.3) is 10.8 Å². The molecule has 2 N–H and O–H groups in total. The largest absolute Gasteiger partial charge is 0.497 e. The highest BCUT2D eigenvalue weighted by atomic mass is 16.7. The van der Waals surface area contributed by atoms with Crippen molar-refractivity contribution >= 4 is 22.5 Å². The first-order valence-corrected chi connectivity index (χ1v) is 13.0. The van der Waals surface area contributed by atoms with Crippen molar-refractivity contribution in [1.82, 2.24) is 0 Å². The summed E-state index contributed by atoms with van der Waals surface area (Å²) in [6, 6.07) is 6.53. The normalized spacial score (nSPS) is 17.3. The smallest absolute Gasteiger partial charge is 0.341 e. The number of ketones is 1. The predicted molar refractivity (Wildman–Crippen MR) is 147 cm³/mol. The summed E-state index contributed by atoms with van der Waals surface area (Å²) in [6.45, 7) is 3.66. The minimum atomic E-state index is -2.73. The van der Waals surface area contributed by atoms with Crippen molar-refractivity contribution in [2.24, 2.45) is 11.8 Å². The lowest BCUT2D eigenvalue weighted by atomic mass is 9.82. The third-order valence-corrected chi connectivity index (χ3v) is 7.38. The quantitative estimate of drug-likeness (QED) is 0.273. The Morgan fingerprint density at radius 3 is 2.20 bits per heavy atom. The molecule has 0 saturated carbocycles. The number of hydrogen-bond acceptors (Lipinski definition) is 10. The molecule has 0 saturated heterocycles. The van der Waals surface area contributed by atoms with Gasteiger partial charge in [-0.15, -0.1) is 0 Å². The third-order valence-electron chi connectivity index (χ3n) is 7.38. The number of benzene rings is 2. The second-order valence-corrected chi connectivity index (χ2v) is 9.39. The van der Waals surface area contributed by atoms with E-state index in [0.717, 1.165) is 0 Å². The van der Waals surface area contributed by atoms with Crippen LogP contribution in [0.5, 0.6) is 17.2 Å². The summed E-state index contributed by atoms with van der Waals surface area (Å²) in [6.07, 6.45) is 2.39. The number of rotatable bonds is 13. The van der Waals surface area contributed by atoms with Crippen LogP contribution in [0.3, 0.4) is 0 Å². The molecule has 0 aliphatic heterocycles. The topological polar surface area (TPSA) is 130 Å². The highest BCUT2D eigenvalue weighted by molar-refractivity contribution is 6.09. The molecule has 0 bridgehead atoms. The summed E-state index contributed by atoms with van der Waals surface area (Å²) < 4.78 is 32.9. The second kappa shape index (κ2) is 13.1. The molecule has 0 fully saturated rings. The van der Waals surface area contributed by atoms with E-state index in [1.54, 1.807) is 18.2 Å². The second-order valence-electron chi connectivity index (χ2n) is 9.39. The van der Waals surface area contributed by atoms with Gasteiger partial charge in [0.05, 0.1) is 47.0 Å². The van der Waals surface area contributed by atoms with E-state index in [0.29, 0.717) is 40.9 Å². The number of aliphatic hydroxyl groups excluding tert-OH is 1. The number of carbonyl (C=O) groups is 2. The minimum absolute atomic E-state index is 0.0124. The molecule has 10 nitrogen and oxygen atoms in total. The molecule has 3 unspecified atom stereocenters. The highest BCUT2D eigenvalue weighted by Crippen LogP contribution is 2.45. The number of hydrogen-bond donors (Lipinski definition) is 2. The van der Waals surface area contributed by atoms with Gasteiger partial charge in [0.15, 0.2) is 17.3 Å². The molecular weight excluding hydrogens is 520 g/mol. The average molecular weight is 559 g/mol. The molecular formula is C30H38O10. The maximum Gasteiger partial charge on any atom is 0.341 e. The van der Waals surface area contributed by atoms with Crippen LogP contribution >= 0.6 is 0 Å². The van der Waals surface area contributed by atoms with E-state index >= 15 is 0 Å². The molecule has 1 aliphatic rings. The summed E-state index contributed by atoms with van der Waals surface area (Å²) in [7, 11) is 7.23. The Kier molecular flexibility index (Phi) is 10.1. The van der Waals surface area contributed by atoms with Crippen LogP contribution in [0, 0.1) is 11.8 Å². The standard InChI is InChI=1S/C30H38O10/c1-8-17(9-2)25(31)28(32)30(34,19-13-14-21(35-3)22(16-19)36-4)40-29(33)20-12-10-11-18-15-23(37-5)26(38-6)27(39-7)24(18)20/h10-15,17,19,25,31,34H,8-9,16H2,1-7H3. The van der Waals surface area contributed by atoms with Crippen molar-refractivity contribution in [3.63, 3.8) is 0 Å². The number of carbonyl (C=O) groups excluding carboxylic acids is 2. The molecule has 0 spiro atoms. The van der Waals surface area contributed by atoms with Gasteiger partial charge >= 0.3 is 5.97 Å². The van der Waals surface area contributed by atoms with Crippen LogP contribution in [0.1, 0.15) is 43.5 Å². The molecule has 0 aromatic heterocycles. The number of allylic oxidation sites excluding steroid dienone is 2. The first-order chi connectivity index (χ1) is 19.1. The van der Waals surface area contributed by atoms with Crippen LogP contribution in [0.2, 0.25) is 0 Å². The Morgan fingerprint density at radius 1 is 0.975 bits per heavy atom. The number of fused-ring (bicyclic) bond motifs is 1. The van der Waals surface area contributed by atoms with Crippen LogP contribution in [0.15, 0.2) is 47.9 Å². The Bertz CT molecular complexity index is 1290. The van der Waals surface area contributed by atoms with E-state index in [-0.39, 0.29) is 23.5 Å². The van der Waals surface area contributed by atoms with Crippen LogP contribution in [-0.2, 0) is 19.0 Å². The van der Waals surface area contributed by atoms with Gasteiger partial charge in [0, 0.05) is 11.8 Å². The molecule has 0 heterocycles. The summed E-state index contributed by atoms with van der Waals surface area (Å²) in [5.41, 5.74) is 0.0124. The van der Waals surface area contributed by atoms with E-state index in [4.69, 9.17) is 28.4 Å². The Labute approximate surface area is 234 Å². The van der Waals surface area contributed by atoms with Crippen molar-refractivity contribution < 1.29 is 48.2 Å². The van der Waals surface area contributed by atoms with Gasteiger partial charge in [0.2, 0.25) is 11.5 Å². The number of ether oxygens (including phenoxy) is 6. The van der Waals surface area contributed by atoms with E-state index in [1.165, 1.54) is 53.8 Å². The Hall–Kier alpha value is -3.76. The fourth-order valence-electron chi connectivity index (χ4n) is 5.05. The van der Waals surface area contributed by atoms with Gasteiger partial charge in [-0.05, 0) is 29.5 Å². The fraction of sp³-hybridized carbons (Fsp3) is 0.467. The van der Waals surface area contributed by atoms with Gasteiger partial charge in [-0.2, -0.15) is 0 Å². The van der Waals surface area contributed by atoms with Crippen molar-refractivity contribution in [1.29, 1.82) is 0 Å². The fourth-order valence-corrected chi connectivity index (χ4v) is 5.05. The monoisotopic (exact) mass is 558 g/mol. The molecule has 1 aliphatic carbocycles. The molecule has 2 aromatic carbocycles. The molecule has 3 atom stereocenters. The van der Waals surface area contributed by atoms with Crippen molar-refractivity contribution in [3.05, 3.63) is 53.5 Å². The summed E-state index contributed by atoms with van der Waals surface area (Å²) in [5.74, 6) is -4.68. The molecule has 10 heteroatoms. The van der Waals surface area contributed by atoms with E-state index in [1.807, 2.05) is 13.8 Å². The first kappa shape index (κ1) is 30.8. The van der Waals surface area contributed by atoms with Crippen LogP contribution in [0.4, 0.5) is 0 Å². The minimum Gasteiger partial charge on any atom is -0.497 e. The summed E-state index contributed by atoms with van der Waals surface area (Å²) in [4.78, 5) is 27.6. The summed E-state index contributed by atoms with van der Waals surface area (Å²) in [5, 5.41) is 23.8. The zero-order valence-electron chi connectivity index (χ0n) is 24.0. The van der Waals surface area contributed by atoms with Gasteiger partial charge in [-0.25, -0.2) is 4.79 Å².